The number of thiazole rings is 1. The Kier molecular flexibility index (Phi) is 5.94. The Morgan fingerprint density at radius 3 is 2.16 bits per heavy atom. The number of anilines is 1. The summed E-state index contributed by atoms with van der Waals surface area (Å²) < 4.78 is 77.9. The minimum atomic E-state index is -4.93. The van der Waals surface area contributed by atoms with Gasteiger partial charge in [-0.2, -0.15) is 26.3 Å². The molecule has 0 saturated heterocycles. The Hall–Kier alpha value is -3.15. The fourth-order valence-electron chi connectivity index (χ4n) is 2.66. The molecule has 0 radical (unpaired) electrons. The molecule has 3 aromatic rings. The van der Waals surface area contributed by atoms with E-state index in [0.717, 1.165) is 11.3 Å². The Labute approximate surface area is 175 Å². The van der Waals surface area contributed by atoms with Crippen LogP contribution in [0.2, 0.25) is 0 Å². The van der Waals surface area contributed by atoms with Gasteiger partial charge in [0.2, 0.25) is 0 Å². The van der Waals surface area contributed by atoms with Crippen LogP contribution in [0.1, 0.15) is 49.3 Å². The molecule has 3 rings (SSSR count). The number of carbonyl (C=O) groups is 2. The molecule has 164 valence electrons. The number of hydrogen-bond acceptors (Lipinski definition) is 4. The number of H-pyrrole nitrogens is 1. The molecule has 2 N–H and O–H groups in total. The van der Waals surface area contributed by atoms with Gasteiger partial charge in [-0.05, 0) is 36.8 Å². The maximum Gasteiger partial charge on any atom is 0.416 e. The highest BCUT2D eigenvalue weighted by Crippen LogP contribution is 2.37. The van der Waals surface area contributed by atoms with Gasteiger partial charge in [0.15, 0.2) is 10.9 Å². The van der Waals surface area contributed by atoms with Crippen LogP contribution in [-0.2, 0) is 18.8 Å². The van der Waals surface area contributed by atoms with E-state index in [4.69, 9.17) is 0 Å². The van der Waals surface area contributed by atoms with Gasteiger partial charge in [0, 0.05) is 29.3 Å². The van der Waals surface area contributed by atoms with Crippen LogP contribution >= 0.6 is 11.3 Å². The quantitative estimate of drug-likeness (QED) is 0.386. The highest BCUT2D eigenvalue weighted by Gasteiger charge is 2.36. The standard InChI is InChI=1S/C19H13F6N3O2S/c1-9(29)11-5-15(26-7-11)16(30)28-17-27-8-14(31-17)4-10-2-12(18(20,21)22)6-13(3-10)19(23,24)25/h2-3,5-8,26H,4H2,1H3,(H,27,28,30). The van der Waals surface area contributed by atoms with Gasteiger partial charge in [-0.25, -0.2) is 4.98 Å². The molecule has 0 bridgehead atoms. The number of nitrogens with zero attached hydrogens (tertiary/aromatic N) is 1. The van der Waals surface area contributed by atoms with Gasteiger partial charge in [-0.15, -0.1) is 11.3 Å². The molecule has 0 unspecified atom stereocenters. The molecular weight excluding hydrogens is 448 g/mol. The average Bonchev–Trinajstić information content (AvgIpc) is 3.30. The van der Waals surface area contributed by atoms with E-state index >= 15 is 0 Å². The van der Waals surface area contributed by atoms with Crippen LogP contribution in [0.3, 0.4) is 0 Å². The lowest BCUT2D eigenvalue weighted by molar-refractivity contribution is -0.143. The molecule has 1 aromatic carbocycles. The Morgan fingerprint density at radius 2 is 1.65 bits per heavy atom. The Bertz CT molecular complexity index is 1100. The summed E-state index contributed by atoms with van der Waals surface area (Å²) >= 11 is 0.904. The van der Waals surface area contributed by atoms with Crippen LogP contribution < -0.4 is 5.32 Å². The number of aromatic amines is 1. The van der Waals surface area contributed by atoms with E-state index in [-0.39, 0.29) is 34.7 Å². The second-order valence-corrected chi connectivity index (χ2v) is 7.65. The molecule has 0 aliphatic rings. The maximum absolute atomic E-state index is 13.0. The van der Waals surface area contributed by atoms with E-state index < -0.39 is 29.4 Å². The zero-order valence-corrected chi connectivity index (χ0v) is 16.4. The number of ketones is 1. The smallest absolute Gasteiger partial charge is 0.356 e. The van der Waals surface area contributed by atoms with Crippen molar-refractivity contribution in [2.24, 2.45) is 0 Å². The first-order valence-corrected chi connectivity index (χ1v) is 9.38. The number of rotatable bonds is 5. The van der Waals surface area contributed by atoms with Crippen molar-refractivity contribution < 1.29 is 35.9 Å². The minimum Gasteiger partial charge on any atom is -0.356 e. The second kappa shape index (κ2) is 8.17. The lowest BCUT2D eigenvalue weighted by Gasteiger charge is -2.13. The van der Waals surface area contributed by atoms with Crippen molar-refractivity contribution in [2.75, 3.05) is 5.32 Å². The second-order valence-electron chi connectivity index (χ2n) is 6.53. The summed E-state index contributed by atoms with van der Waals surface area (Å²) in [6.45, 7) is 1.33. The molecule has 2 aromatic heterocycles. The van der Waals surface area contributed by atoms with Crippen LogP contribution in [-0.4, -0.2) is 21.7 Å². The summed E-state index contributed by atoms with van der Waals surface area (Å²) in [5.41, 5.74) is -2.60. The van der Waals surface area contributed by atoms with Crippen LogP contribution in [0, 0.1) is 0 Å². The third-order valence-electron chi connectivity index (χ3n) is 4.13. The predicted octanol–water partition coefficient (Wildman–Crippen LogP) is 5.55. The van der Waals surface area contributed by atoms with Crippen molar-refractivity contribution >= 4 is 28.2 Å². The molecule has 31 heavy (non-hydrogen) atoms. The van der Waals surface area contributed by atoms with Gasteiger partial charge < -0.3 is 4.98 Å². The fraction of sp³-hybridized carbons (Fsp3) is 0.211. The molecule has 0 spiro atoms. The zero-order chi connectivity index (χ0) is 23.0. The van der Waals surface area contributed by atoms with Gasteiger partial charge in [0.05, 0.1) is 11.1 Å². The van der Waals surface area contributed by atoms with Crippen molar-refractivity contribution in [3.05, 3.63) is 69.5 Å². The minimum absolute atomic E-state index is 0.0630. The number of carbonyl (C=O) groups excluding carboxylic acids is 2. The topological polar surface area (TPSA) is 74.8 Å². The molecule has 12 heteroatoms. The highest BCUT2D eigenvalue weighted by molar-refractivity contribution is 7.15. The van der Waals surface area contributed by atoms with Gasteiger partial charge >= 0.3 is 12.4 Å². The van der Waals surface area contributed by atoms with Crippen molar-refractivity contribution in [2.45, 2.75) is 25.7 Å². The van der Waals surface area contributed by atoms with Crippen LogP contribution in [0.5, 0.6) is 0 Å². The Morgan fingerprint density at radius 1 is 1.03 bits per heavy atom. The third-order valence-corrected chi connectivity index (χ3v) is 5.05. The normalized spacial score (nSPS) is 12.1. The van der Waals surface area contributed by atoms with E-state index in [1.165, 1.54) is 25.4 Å². The highest BCUT2D eigenvalue weighted by atomic mass is 32.1. The van der Waals surface area contributed by atoms with Gasteiger partial charge in [-0.3, -0.25) is 14.9 Å². The number of hydrogen-bond donors (Lipinski definition) is 2. The predicted molar refractivity (Wildman–Crippen MR) is 100 cm³/mol. The van der Waals surface area contributed by atoms with E-state index in [0.29, 0.717) is 22.6 Å². The summed E-state index contributed by atoms with van der Waals surface area (Å²) in [6.07, 6.45) is -7.49. The van der Waals surface area contributed by atoms with Gasteiger partial charge in [0.1, 0.15) is 5.69 Å². The molecule has 0 aliphatic carbocycles. The molecule has 0 saturated carbocycles. The summed E-state index contributed by atoms with van der Waals surface area (Å²) in [7, 11) is 0. The number of benzene rings is 1. The van der Waals surface area contributed by atoms with Gasteiger partial charge in [-0.1, -0.05) is 0 Å². The summed E-state index contributed by atoms with van der Waals surface area (Å²) in [6, 6.07) is 2.70. The SMILES string of the molecule is CC(=O)c1c[nH]c(C(=O)Nc2ncc(Cc3cc(C(F)(F)F)cc(C(F)(F)F)c3)s2)c1. The monoisotopic (exact) mass is 461 g/mol. The lowest BCUT2D eigenvalue weighted by atomic mass is 10.0. The van der Waals surface area contributed by atoms with Crippen molar-refractivity contribution in [1.29, 1.82) is 0 Å². The Balaban J connectivity index is 1.78. The van der Waals surface area contributed by atoms with E-state index in [1.807, 2.05) is 0 Å². The number of alkyl halides is 6. The van der Waals surface area contributed by atoms with Crippen molar-refractivity contribution in [3.8, 4) is 0 Å². The molecule has 5 nitrogen and oxygen atoms in total. The first kappa shape index (κ1) is 22.5. The largest absolute Gasteiger partial charge is 0.416 e. The first-order chi connectivity index (χ1) is 14.3. The number of aromatic nitrogens is 2. The van der Waals surface area contributed by atoms with Crippen LogP contribution in [0.4, 0.5) is 31.5 Å². The number of halogens is 6. The summed E-state index contributed by atoms with van der Waals surface area (Å²) in [4.78, 5) is 30.4. The summed E-state index contributed by atoms with van der Waals surface area (Å²) in [5.74, 6) is -0.849. The molecule has 0 atom stereocenters. The van der Waals surface area contributed by atoms with Crippen molar-refractivity contribution in [3.63, 3.8) is 0 Å². The van der Waals surface area contributed by atoms with Gasteiger partial charge in [0.25, 0.3) is 5.91 Å². The van der Waals surface area contributed by atoms with E-state index in [2.05, 4.69) is 15.3 Å². The fourth-order valence-corrected chi connectivity index (χ4v) is 3.50. The van der Waals surface area contributed by atoms with Crippen molar-refractivity contribution in [1.82, 2.24) is 9.97 Å². The molecule has 1 amide bonds. The number of Topliss-reactive ketones (excluding diaryl/α,β-unsaturated/α-hetero) is 1. The average molecular weight is 461 g/mol. The number of nitrogens with one attached hydrogen (secondary N) is 2. The molecule has 0 fully saturated rings. The third kappa shape index (κ3) is 5.51. The van der Waals surface area contributed by atoms with E-state index in [1.54, 1.807) is 0 Å². The summed E-state index contributed by atoms with van der Waals surface area (Å²) in [5, 5.41) is 2.55. The lowest BCUT2D eigenvalue weighted by Crippen LogP contribution is -2.12. The zero-order valence-electron chi connectivity index (χ0n) is 15.6. The van der Waals surface area contributed by atoms with Crippen LogP contribution in [0.25, 0.3) is 0 Å². The molecule has 0 aliphatic heterocycles. The maximum atomic E-state index is 13.0. The van der Waals surface area contributed by atoms with Crippen LogP contribution in [0.15, 0.2) is 36.7 Å². The molecular formula is C19H13F6N3O2S. The number of amides is 1. The first-order valence-electron chi connectivity index (χ1n) is 8.56. The van der Waals surface area contributed by atoms with E-state index in [9.17, 15) is 35.9 Å². The molecule has 2 heterocycles.